The highest BCUT2D eigenvalue weighted by molar-refractivity contribution is 5.70. The Hall–Kier alpha value is -1.63. The van der Waals surface area contributed by atoms with E-state index in [2.05, 4.69) is 26.8 Å². The van der Waals surface area contributed by atoms with E-state index in [4.69, 9.17) is 37.9 Å². The van der Waals surface area contributed by atoms with E-state index < -0.39 is 23.9 Å². The summed E-state index contributed by atoms with van der Waals surface area (Å²) >= 11 is 0. The number of hydrogen-bond donors (Lipinski definition) is 1. The molecule has 10 nitrogen and oxygen atoms in total. The standard InChI is InChI=1S/C40H70O10/c1-10-34(47-25-22-44-12-3)32(8)39-35(49-39)27-29(5)15-14-16-30(6)38-31(7)17-18-36(41)40(9,48-26-23-45-13-4)20-19-33(28-37(42)50-38)46-24-21-43-11-2/h14-18,29,31-36,38-39,41H,10-13,19-28H2,1-9H3/b15-14+,18-17+,30-16+. The molecule has 0 bridgehead atoms. The molecule has 10 atom stereocenters. The highest BCUT2D eigenvalue weighted by Gasteiger charge is 2.45. The molecule has 2 aliphatic heterocycles. The summed E-state index contributed by atoms with van der Waals surface area (Å²) in [5.41, 5.74) is 0.0343. The molecule has 1 N–H and O–H groups in total. The van der Waals surface area contributed by atoms with Crippen molar-refractivity contribution >= 4 is 5.97 Å². The number of carbonyl (C=O) groups is 1. The van der Waals surface area contributed by atoms with Gasteiger partial charge in [-0.05, 0) is 71.8 Å². The zero-order valence-corrected chi connectivity index (χ0v) is 32.6. The van der Waals surface area contributed by atoms with Gasteiger partial charge in [-0.15, -0.1) is 0 Å². The Kier molecular flexibility index (Phi) is 21.9. The second-order valence-corrected chi connectivity index (χ2v) is 13.9. The summed E-state index contributed by atoms with van der Waals surface area (Å²) in [5.74, 6) is 0.120. The summed E-state index contributed by atoms with van der Waals surface area (Å²) in [7, 11) is 0. The largest absolute Gasteiger partial charge is 0.457 e. The molecular weight excluding hydrogens is 640 g/mol. The number of allylic oxidation sites excluding steroid dienone is 3. The van der Waals surface area contributed by atoms with Gasteiger partial charge in [0.25, 0.3) is 0 Å². The Bertz CT molecular complexity index is 1010. The van der Waals surface area contributed by atoms with Crippen LogP contribution < -0.4 is 0 Å². The Morgan fingerprint density at radius 2 is 1.66 bits per heavy atom. The number of rotatable bonds is 23. The summed E-state index contributed by atoms with van der Waals surface area (Å²) < 4.78 is 47.0. The predicted molar refractivity (Wildman–Crippen MR) is 196 cm³/mol. The molecule has 0 aromatic heterocycles. The van der Waals surface area contributed by atoms with Gasteiger partial charge in [0.05, 0.1) is 76.1 Å². The fourth-order valence-electron chi connectivity index (χ4n) is 6.47. The fourth-order valence-corrected chi connectivity index (χ4v) is 6.47. The molecule has 0 radical (unpaired) electrons. The van der Waals surface area contributed by atoms with E-state index in [0.29, 0.717) is 84.1 Å². The number of esters is 1. The summed E-state index contributed by atoms with van der Waals surface area (Å²) in [4.78, 5) is 13.4. The van der Waals surface area contributed by atoms with Crippen molar-refractivity contribution in [2.45, 2.75) is 137 Å². The van der Waals surface area contributed by atoms with Gasteiger partial charge in [-0.3, -0.25) is 4.79 Å². The van der Waals surface area contributed by atoms with Gasteiger partial charge in [-0.25, -0.2) is 0 Å². The van der Waals surface area contributed by atoms with Gasteiger partial charge in [0, 0.05) is 31.7 Å². The van der Waals surface area contributed by atoms with Crippen molar-refractivity contribution in [3.8, 4) is 0 Å². The third kappa shape index (κ3) is 16.4. The van der Waals surface area contributed by atoms with E-state index in [-0.39, 0.29) is 36.6 Å². The quantitative estimate of drug-likeness (QED) is 0.0408. The van der Waals surface area contributed by atoms with Crippen LogP contribution in [0.3, 0.4) is 0 Å². The maximum absolute atomic E-state index is 13.4. The average Bonchev–Trinajstić information content (AvgIpc) is 3.86. The highest BCUT2D eigenvalue weighted by Crippen LogP contribution is 2.37. The van der Waals surface area contributed by atoms with Crippen LogP contribution >= 0.6 is 0 Å². The van der Waals surface area contributed by atoms with Crippen molar-refractivity contribution in [2.75, 3.05) is 59.5 Å². The number of hydrogen-bond acceptors (Lipinski definition) is 10. The van der Waals surface area contributed by atoms with Crippen molar-refractivity contribution in [2.24, 2.45) is 17.8 Å². The first kappa shape index (κ1) is 44.5. The summed E-state index contributed by atoms with van der Waals surface area (Å²) in [6, 6.07) is 0. The molecule has 2 rings (SSSR count). The predicted octanol–water partition coefficient (Wildman–Crippen LogP) is 6.63. The van der Waals surface area contributed by atoms with E-state index in [1.54, 1.807) is 6.08 Å². The van der Waals surface area contributed by atoms with E-state index >= 15 is 0 Å². The minimum Gasteiger partial charge on any atom is -0.457 e. The zero-order valence-electron chi connectivity index (χ0n) is 32.6. The number of aliphatic hydroxyl groups is 1. The zero-order chi connectivity index (χ0) is 36.9. The van der Waals surface area contributed by atoms with Gasteiger partial charge in [0.1, 0.15) is 12.2 Å². The number of ether oxygens (including phenoxy) is 8. The minimum absolute atomic E-state index is 0.0990. The number of epoxide rings is 1. The van der Waals surface area contributed by atoms with Gasteiger partial charge < -0.3 is 43.0 Å². The van der Waals surface area contributed by atoms with Crippen LogP contribution in [0.1, 0.15) is 94.4 Å². The Labute approximate surface area is 303 Å². The topological polar surface area (TPSA) is 114 Å². The normalized spacial score (nSPS) is 30.7. The van der Waals surface area contributed by atoms with Gasteiger partial charge >= 0.3 is 5.97 Å². The summed E-state index contributed by atoms with van der Waals surface area (Å²) in [6.07, 6.45) is 11.7. The van der Waals surface area contributed by atoms with Crippen LogP contribution in [0.15, 0.2) is 36.0 Å². The number of aliphatic hydroxyl groups excluding tert-OH is 1. The van der Waals surface area contributed by atoms with Crippen LogP contribution in [0.5, 0.6) is 0 Å². The Balaban J connectivity index is 2.10. The van der Waals surface area contributed by atoms with Crippen LogP contribution in [-0.4, -0.2) is 113 Å². The minimum atomic E-state index is -0.882. The highest BCUT2D eigenvalue weighted by atomic mass is 16.6. The first-order valence-corrected chi connectivity index (χ1v) is 19.2. The number of cyclic esters (lactones) is 1. The molecule has 0 aromatic carbocycles. The summed E-state index contributed by atoms with van der Waals surface area (Å²) in [5, 5.41) is 11.4. The molecule has 0 saturated carbocycles. The van der Waals surface area contributed by atoms with Crippen molar-refractivity contribution in [3.05, 3.63) is 36.0 Å². The lowest BCUT2D eigenvalue weighted by molar-refractivity contribution is -0.154. The molecule has 2 aliphatic rings. The lowest BCUT2D eigenvalue weighted by Gasteiger charge is -2.35. The molecule has 10 heteroatoms. The van der Waals surface area contributed by atoms with Gasteiger partial charge in [0.2, 0.25) is 0 Å². The molecule has 0 aliphatic carbocycles. The van der Waals surface area contributed by atoms with E-state index in [0.717, 1.165) is 18.4 Å². The maximum Gasteiger partial charge on any atom is 0.309 e. The van der Waals surface area contributed by atoms with Crippen molar-refractivity contribution in [1.82, 2.24) is 0 Å². The first-order chi connectivity index (χ1) is 24.0. The lowest BCUT2D eigenvalue weighted by atomic mass is 9.88. The Morgan fingerprint density at radius 1 is 1.00 bits per heavy atom. The van der Waals surface area contributed by atoms with Crippen LogP contribution in [0.4, 0.5) is 0 Å². The molecule has 50 heavy (non-hydrogen) atoms. The third-order valence-corrected chi connectivity index (χ3v) is 9.71. The van der Waals surface area contributed by atoms with Crippen molar-refractivity contribution in [1.29, 1.82) is 0 Å². The first-order valence-electron chi connectivity index (χ1n) is 19.2. The van der Waals surface area contributed by atoms with E-state index in [1.807, 2.05) is 59.8 Å². The molecule has 290 valence electrons. The molecule has 0 spiro atoms. The average molecular weight is 711 g/mol. The molecule has 1 fully saturated rings. The van der Waals surface area contributed by atoms with Crippen molar-refractivity contribution in [3.63, 3.8) is 0 Å². The van der Waals surface area contributed by atoms with Gasteiger partial charge in [-0.2, -0.15) is 0 Å². The van der Waals surface area contributed by atoms with Gasteiger partial charge in [-0.1, -0.05) is 58.1 Å². The van der Waals surface area contributed by atoms with Crippen LogP contribution in [-0.2, 0) is 42.7 Å². The number of carbonyl (C=O) groups excluding carboxylic acids is 1. The smallest absolute Gasteiger partial charge is 0.309 e. The fraction of sp³-hybridized carbons (Fsp3) is 0.825. The van der Waals surface area contributed by atoms with Crippen molar-refractivity contribution < 1.29 is 47.8 Å². The molecular formula is C40H70O10. The van der Waals surface area contributed by atoms with Crippen LogP contribution in [0.25, 0.3) is 0 Å². The molecule has 10 unspecified atom stereocenters. The lowest BCUT2D eigenvalue weighted by Crippen LogP contribution is -2.43. The molecule has 0 aromatic rings. The SMILES string of the molecule is CCOCCOC1CCC(C)(OCCOCC)C(O)/C=C/C(C)C(/C(C)=C/C=C/C(C)CC2OC2C(C)C(CC)OCCOCC)OC(=O)C1. The molecule has 2 heterocycles. The second-order valence-electron chi connectivity index (χ2n) is 13.9. The second kappa shape index (κ2) is 24.6. The maximum atomic E-state index is 13.4. The molecule has 0 amide bonds. The van der Waals surface area contributed by atoms with Crippen LogP contribution in [0, 0.1) is 17.8 Å². The Morgan fingerprint density at radius 3 is 2.32 bits per heavy atom. The molecule has 1 saturated heterocycles. The monoisotopic (exact) mass is 710 g/mol. The van der Waals surface area contributed by atoms with Crippen LogP contribution in [0.2, 0.25) is 0 Å². The third-order valence-electron chi connectivity index (χ3n) is 9.71. The van der Waals surface area contributed by atoms with Gasteiger partial charge in [0.15, 0.2) is 0 Å². The van der Waals surface area contributed by atoms with E-state index in [9.17, 15) is 9.90 Å². The van der Waals surface area contributed by atoms with E-state index in [1.165, 1.54) is 0 Å². The summed E-state index contributed by atoms with van der Waals surface area (Å²) in [6.45, 7) is 23.0.